The van der Waals surface area contributed by atoms with Crippen LogP contribution >= 0.6 is 39.1 Å². The Balaban J connectivity index is 2.37. The highest BCUT2D eigenvalue weighted by Gasteiger charge is 2.11. The van der Waals surface area contributed by atoms with Gasteiger partial charge < -0.3 is 9.84 Å². The Morgan fingerprint density at radius 1 is 1.11 bits per heavy atom. The van der Waals surface area contributed by atoms with Crippen LogP contribution in [0, 0.1) is 0 Å². The summed E-state index contributed by atoms with van der Waals surface area (Å²) in [5.41, 5.74) is 0.686. The summed E-state index contributed by atoms with van der Waals surface area (Å²) in [6.45, 7) is 1.68. The third kappa shape index (κ3) is 3.86. The van der Waals surface area contributed by atoms with Gasteiger partial charge in [-0.2, -0.15) is 0 Å². The molecule has 0 amide bonds. The zero-order valence-electron chi connectivity index (χ0n) is 10.0. The van der Waals surface area contributed by atoms with Gasteiger partial charge in [-0.05, 0) is 43.3 Å². The zero-order valence-corrected chi connectivity index (χ0v) is 13.1. The Labute approximate surface area is 130 Å². The maximum Gasteiger partial charge on any atom is 0.133 e. The molecule has 0 heterocycles. The molecule has 2 aromatic carbocycles. The lowest BCUT2D eigenvalue weighted by Gasteiger charge is -2.14. The van der Waals surface area contributed by atoms with E-state index in [0.29, 0.717) is 27.1 Å². The Morgan fingerprint density at radius 3 is 2.32 bits per heavy atom. The van der Waals surface area contributed by atoms with Gasteiger partial charge in [0.05, 0.1) is 6.10 Å². The van der Waals surface area contributed by atoms with E-state index in [9.17, 15) is 5.11 Å². The highest BCUT2D eigenvalue weighted by atomic mass is 79.9. The fourth-order valence-electron chi connectivity index (χ4n) is 1.65. The van der Waals surface area contributed by atoms with Gasteiger partial charge in [0, 0.05) is 20.1 Å². The molecule has 0 aliphatic heterocycles. The minimum absolute atomic E-state index is 0.498. The van der Waals surface area contributed by atoms with Crippen LogP contribution in [0.4, 0.5) is 0 Å². The largest absolute Gasteiger partial charge is 0.457 e. The molecule has 0 saturated carbocycles. The van der Waals surface area contributed by atoms with E-state index >= 15 is 0 Å². The van der Waals surface area contributed by atoms with Crippen molar-refractivity contribution in [3.05, 3.63) is 56.5 Å². The second-order valence-corrected chi connectivity index (χ2v) is 5.85. The first-order chi connectivity index (χ1) is 8.95. The van der Waals surface area contributed by atoms with Gasteiger partial charge in [0.25, 0.3) is 0 Å². The standard InChI is InChI=1S/C14H11BrCl2O2/c1-8(18)13-4-9(15)2-3-14(13)19-12-6-10(16)5-11(17)7-12/h2-8,18H,1H3. The number of benzene rings is 2. The summed E-state index contributed by atoms with van der Waals surface area (Å²) in [4.78, 5) is 0. The number of aliphatic hydroxyl groups excluding tert-OH is 1. The van der Waals surface area contributed by atoms with Crippen molar-refractivity contribution in [2.75, 3.05) is 0 Å². The van der Waals surface area contributed by atoms with Crippen molar-refractivity contribution in [2.45, 2.75) is 13.0 Å². The predicted molar refractivity (Wildman–Crippen MR) is 81.3 cm³/mol. The van der Waals surface area contributed by atoms with E-state index in [4.69, 9.17) is 27.9 Å². The second-order valence-electron chi connectivity index (χ2n) is 4.07. The van der Waals surface area contributed by atoms with Gasteiger partial charge in [0.15, 0.2) is 0 Å². The van der Waals surface area contributed by atoms with E-state index in [2.05, 4.69) is 15.9 Å². The van der Waals surface area contributed by atoms with Crippen LogP contribution in [-0.2, 0) is 0 Å². The summed E-state index contributed by atoms with van der Waals surface area (Å²) < 4.78 is 6.61. The lowest BCUT2D eigenvalue weighted by Crippen LogP contribution is -1.96. The lowest BCUT2D eigenvalue weighted by atomic mass is 10.1. The van der Waals surface area contributed by atoms with Crippen LogP contribution in [0.5, 0.6) is 11.5 Å². The van der Waals surface area contributed by atoms with Crippen LogP contribution in [0.2, 0.25) is 10.0 Å². The molecule has 2 rings (SSSR count). The number of halogens is 3. The normalized spacial score (nSPS) is 12.3. The number of hydrogen-bond donors (Lipinski definition) is 1. The van der Waals surface area contributed by atoms with Crippen molar-refractivity contribution in [1.29, 1.82) is 0 Å². The highest BCUT2D eigenvalue weighted by molar-refractivity contribution is 9.10. The van der Waals surface area contributed by atoms with Gasteiger partial charge in [-0.3, -0.25) is 0 Å². The van der Waals surface area contributed by atoms with Crippen LogP contribution in [0.1, 0.15) is 18.6 Å². The van der Waals surface area contributed by atoms with Crippen molar-refractivity contribution in [1.82, 2.24) is 0 Å². The molecule has 0 radical (unpaired) electrons. The fraction of sp³-hybridized carbons (Fsp3) is 0.143. The third-order valence-electron chi connectivity index (χ3n) is 2.49. The minimum Gasteiger partial charge on any atom is -0.457 e. The summed E-state index contributed by atoms with van der Waals surface area (Å²) in [6, 6.07) is 10.4. The molecule has 2 aromatic rings. The van der Waals surface area contributed by atoms with Gasteiger partial charge in [-0.1, -0.05) is 39.1 Å². The molecule has 0 aliphatic rings. The predicted octanol–water partition coefficient (Wildman–Crippen LogP) is 5.60. The topological polar surface area (TPSA) is 29.5 Å². The van der Waals surface area contributed by atoms with Crippen LogP contribution in [0.15, 0.2) is 40.9 Å². The van der Waals surface area contributed by atoms with Crippen molar-refractivity contribution < 1.29 is 9.84 Å². The first-order valence-corrected chi connectivity index (χ1v) is 7.12. The van der Waals surface area contributed by atoms with Crippen molar-refractivity contribution >= 4 is 39.1 Å². The molecule has 0 aromatic heterocycles. The van der Waals surface area contributed by atoms with Crippen LogP contribution in [-0.4, -0.2) is 5.11 Å². The molecule has 1 unspecified atom stereocenters. The maximum absolute atomic E-state index is 9.76. The van der Waals surface area contributed by atoms with Gasteiger partial charge in [-0.25, -0.2) is 0 Å². The molecule has 5 heteroatoms. The van der Waals surface area contributed by atoms with Gasteiger partial charge in [0.1, 0.15) is 11.5 Å². The Hall–Kier alpha value is -0.740. The molecule has 0 spiro atoms. The van der Waals surface area contributed by atoms with E-state index in [1.807, 2.05) is 12.1 Å². The molecule has 100 valence electrons. The lowest BCUT2D eigenvalue weighted by molar-refractivity contribution is 0.195. The first-order valence-electron chi connectivity index (χ1n) is 5.57. The molecule has 0 bridgehead atoms. The maximum atomic E-state index is 9.76. The second kappa shape index (κ2) is 6.14. The molecule has 0 saturated heterocycles. The molecule has 2 nitrogen and oxygen atoms in total. The summed E-state index contributed by atoms with van der Waals surface area (Å²) in [6.07, 6.45) is -0.637. The number of hydrogen-bond acceptors (Lipinski definition) is 2. The van der Waals surface area contributed by atoms with Crippen LogP contribution in [0.25, 0.3) is 0 Å². The molecule has 19 heavy (non-hydrogen) atoms. The average Bonchev–Trinajstić information content (AvgIpc) is 2.30. The Kier molecular flexibility index (Phi) is 4.74. The monoisotopic (exact) mass is 360 g/mol. The molecule has 0 aliphatic carbocycles. The van der Waals surface area contributed by atoms with Crippen LogP contribution in [0.3, 0.4) is 0 Å². The first kappa shape index (κ1) is 14.7. The molecule has 1 N–H and O–H groups in total. The molecule has 1 atom stereocenters. The number of aliphatic hydroxyl groups is 1. The third-order valence-corrected chi connectivity index (χ3v) is 3.42. The van der Waals surface area contributed by atoms with Crippen LogP contribution < -0.4 is 4.74 Å². The Bertz CT molecular complexity index is 580. The average molecular weight is 362 g/mol. The van der Waals surface area contributed by atoms with Crippen molar-refractivity contribution in [2.24, 2.45) is 0 Å². The molecule has 0 fully saturated rings. The van der Waals surface area contributed by atoms with E-state index in [-0.39, 0.29) is 0 Å². The van der Waals surface area contributed by atoms with E-state index in [0.717, 1.165) is 4.47 Å². The SMILES string of the molecule is CC(O)c1cc(Br)ccc1Oc1cc(Cl)cc(Cl)c1. The quantitative estimate of drug-likeness (QED) is 0.770. The van der Waals surface area contributed by atoms with Gasteiger partial charge in [0.2, 0.25) is 0 Å². The van der Waals surface area contributed by atoms with Gasteiger partial charge in [-0.15, -0.1) is 0 Å². The van der Waals surface area contributed by atoms with E-state index in [1.54, 1.807) is 31.2 Å². The minimum atomic E-state index is -0.637. The fourth-order valence-corrected chi connectivity index (χ4v) is 2.54. The van der Waals surface area contributed by atoms with E-state index in [1.165, 1.54) is 0 Å². The van der Waals surface area contributed by atoms with Gasteiger partial charge >= 0.3 is 0 Å². The Morgan fingerprint density at radius 2 is 1.74 bits per heavy atom. The summed E-state index contributed by atoms with van der Waals surface area (Å²) >= 11 is 15.2. The zero-order chi connectivity index (χ0) is 14.0. The molecular weight excluding hydrogens is 351 g/mol. The number of ether oxygens (including phenoxy) is 1. The smallest absolute Gasteiger partial charge is 0.133 e. The number of rotatable bonds is 3. The molecular formula is C14H11BrCl2O2. The van der Waals surface area contributed by atoms with Crippen molar-refractivity contribution in [3.8, 4) is 11.5 Å². The summed E-state index contributed by atoms with van der Waals surface area (Å²) in [7, 11) is 0. The van der Waals surface area contributed by atoms with E-state index < -0.39 is 6.10 Å². The summed E-state index contributed by atoms with van der Waals surface area (Å²) in [5, 5.41) is 10.8. The van der Waals surface area contributed by atoms with Crippen molar-refractivity contribution in [3.63, 3.8) is 0 Å². The summed E-state index contributed by atoms with van der Waals surface area (Å²) in [5.74, 6) is 1.10. The highest BCUT2D eigenvalue weighted by Crippen LogP contribution is 2.34.